The van der Waals surface area contributed by atoms with Crippen molar-refractivity contribution in [3.05, 3.63) is 59.4 Å². The van der Waals surface area contributed by atoms with Crippen molar-refractivity contribution in [2.24, 2.45) is 0 Å². The summed E-state index contributed by atoms with van der Waals surface area (Å²) >= 11 is 0. The van der Waals surface area contributed by atoms with Gasteiger partial charge in [0.05, 0.1) is 0 Å². The van der Waals surface area contributed by atoms with Gasteiger partial charge in [-0.15, -0.1) is 10.2 Å². The molecule has 2 N–H and O–H groups in total. The number of benzene rings is 1. The Morgan fingerprint density at radius 2 is 1.65 bits per heavy atom. The van der Waals surface area contributed by atoms with Gasteiger partial charge in [0.25, 0.3) is 5.91 Å². The fraction of sp³-hybridized carbons (Fsp3) is 0.125. The largest absolute Gasteiger partial charge is 0.360 e. The molecule has 0 aliphatic rings. The topological polar surface area (TPSA) is 92.9 Å². The average Bonchev–Trinajstić information content (AvgIpc) is 2.95. The number of rotatable bonds is 4. The van der Waals surface area contributed by atoms with E-state index in [1.807, 2.05) is 19.1 Å². The number of carbonyl (C=O) groups is 1. The molecular weight excluding hydrogens is 294 g/mol. The van der Waals surface area contributed by atoms with E-state index in [9.17, 15) is 4.79 Å². The van der Waals surface area contributed by atoms with Crippen molar-refractivity contribution in [2.45, 2.75) is 13.8 Å². The standard InChI is InChI=1S/C16H15N5O2/c1-10-3-5-12(6-4-10)16(22)18-14-8-7-13(19-20-14)17-15-9-11(2)23-21-15/h3-9H,1-2H3,(H,17,19,21)(H,18,20,22). The molecule has 1 aromatic carbocycles. The Hall–Kier alpha value is -3.22. The van der Waals surface area contributed by atoms with Crippen molar-refractivity contribution in [2.75, 3.05) is 10.6 Å². The number of aromatic nitrogens is 3. The molecule has 3 aromatic rings. The molecule has 0 bridgehead atoms. The highest BCUT2D eigenvalue weighted by Gasteiger charge is 2.07. The lowest BCUT2D eigenvalue weighted by Gasteiger charge is -2.05. The molecule has 0 saturated heterocycles. The summed E-state index contributed by atoms with van der Waals surface area (Å²) in [5, 5.41) is 17.4. The van der Waals surface area contributed by atoms with E-state index < -0.39 is 0 Å². The van der Waals surface area contributed by atoms with E-state index >= 15 is 0 Å². The van der Waals surface area contributed by atoms with Crippen molar-refractivity contribution >= 4 is 23.4 Å². The summed E-state index contributed by atoms with van der Waals surface area (Å²) in [6, 6.07) is 12.4. The minimum absolute atomic E-state index is 0.230. The molecule has 0 atom stereocenters. The predicted octanol–water partition coefficient (Wildman–Crippen LogP) is 3.08. The maximum atomic E-state index is 12.1. The van der Waals surface area contributed by atoms with Crippen LogP contribution in [-0.2, 0) is 0 Å². The van der Waals surface area contributed by atoms with Crippen LogP contribution in [-0.4, -0.2) is 21.3 Å². The van der Waals surface area contributed by atoms with E-state index in [0.29, 0.717) is 28.8 Å². The fourth-order valence-corrected chi connectivity index (χ4v) is 1.92. The van der Waals surface area contributed by atoms with Crippen LogP contribution >= 0.6 is 0 Å². The summed E-state index contributed by atoms with van der Waals surface area (Å²) in [5.41, 5.74) is 1.66. The van der Waals surface area contributed by atoms with Gasteiger partial charge >= 0.3 is 0 Å². The molecule has 0 aliphatic carbocycles. The molecule has 3 rings (SSSR count). The molecule has 7 nitrogen and oxygen atoms in total. The molecule has 0 radical (unpaired) electrons. The molecule has 0 unspecified atom stereocenters. The van der Waals surface area contributed by atoms with Crippen LogP contribution in [0.1, 0.15) is 21.7 Å². The zero-order chi connectivity index (χ0) is 16.2. The van der Waals surface area contributed by atoms with E-state index in [1.54, 1.807) is 37.3 Å². The molecule has 1 amide bonds. The molecule has 2 heterocycles. The SMILES string of the molecule is Cc1ccc(C(=O)Nc2ccc(Nc3cc(C)on3)nn2)cc1. The van der Waals surface area contributed by atoms with Gasteiger partial charge in [-0.1, -0.05) is 22.9 Å². The van der Waals surface area contributed by atoms with Crippen LogP contribution < -0.4 is 10.6 Å². The second-order valence-corrected chi connectivity index (χ2v) is 5.07. The lowest BCUT2D eigenvalue weighted by Crippen LogP contribution is -2.13. The Kier molecular flexibility index (Phi) is 4.01. The van der Waals surface area contributed by atoms with Gasteiger partial charge in [0.2, 0.25) is 0 Å². The molecule has 0 saturated carbocycles. The first-order chi connectivity index (χ1) is 11.1. The summed E-state index contributed by atoms with van der Waals surface area (Å²) in [4.78, 5) is 12.1. The number of amides is 1. The maximum absolute atomic E-state index is 12.1. The van der Waals surface area contributed by atoms with Gasteiger partial charge in [-0.05, 0) is 38.1 Å². The first-order valence-electron chi connectivity index (χ1n) is 7.02. The van der Waals surface area contributed by atoms with E-state index in [-0.39, 0.29) is 5.91 Å². The van der Waals surface area contributed by atoms with Gasteiger partial charge in [-0.2, -0.15) is 0 Å². The lowest BCUT2D eigenvalue weighted by molar-refractivity contribution is 0.102. The number of nitrogens with zero attached hydrogens (tertiary/aromatic N) is 3. The van der Waals surface area contributed by atoms with Gasteiger partial charge in [0.15, 0.2) is 17.5 Å². The molecule has 116 valence electrons. The minimum Gasteiger partial charge on any atom is -0.360 e. The highest BCUT2D eigenvalue weighted by Crippen LogP contribution is 2.15. The van der Waals surface area contributed by atoms with Crippen molar-refractivity contribution in [3.63, 3.8) is 0 Å². The molecular formula is C16H15N5O2. The van der Waals surface area contributed by atoms with Gasteiger partial charge in [-0.3, -0.25) is 4.79 Å². The minimum atomic E-state index is -0.230. The van der Waals surface area contributed by atoms with Crippen LogP contribution in [0.5, 0.6) is 0 Å². The summed E-state index contributed by atoms with van der Waals surface area (Å²) in [6.07, 6.45) is 0. The first-order valence-corrected chi connectivity index (χ1v) is 7.02. The van der Waals surface area contributed by atoms with Crippen LogP contribution in [0.15, 0.2) is 47.0 Å². The van der Waals surface area contributed by atoms with Crippen molar-refractivity contribution in [1.29, 1.82) is 0 Å². The zero-order valence-corrected chi connectivity index (χ0v) is 12.7. The number of hydrogen-bond acceptors (Lipinski definition) is 6. The fourth-order valence-electron chi connectivity index (χ4n) is 1.92. The lowest BCUT2D eigenvalue weighted by atomic mass is 10.1. The summed E-state index contributed by atoms with van der Waals surface area (Å²) < 4.78 is 4.95. The third-order valence-corrected chi connectivity index (χ3v) is 3.10. The van der Waals surface area contributed by atoms with Crippen molar-refractivity contribution in [3.8, 4) is 0 Å². The van der Waals surface area contributed by atoms with Crippen molar-refractivity contribution in [1.82, 2.24) is 15.4 Å². The quantitative estimate of drug-likeness (QED) is 0.769. The summed E-state index contributed by atoms with van der Waals surface area (Å²) in [6.45, 7) is 3.77. The highest BCUT2D eigenvalue weighted by atomic mass is 16.5. The van der Waals surface area contributed by atoms with E-state index in [2.05, 4.69) is 26.0 Å². The molecule has 0 spiro atoms. The highest BCUT2D eigenvalue weighted by molar-refractivity contribution is 6.03. The Bertz CT molecular complexity index is 809. The van der Waals surface area contributed by atoms with Crippen LogP contribution in [0.4, 0.5) is 17.5 Å². The monoisotopic (exact) mass is 309 g/mol. The Labute approximate surface area is 132 Å². The Morgan fingerprint density at radius 1 is 0.957 bits per heavy atom. The number of aryl methyl sites for hydroxylation is 2. The number of hydrogen-bond donors (Lipinski definition) is 2. The van der Waals surface area contributed by atoms with E-state index in [4.69, 9.17) is 4.52 Å². The van der Waals surface area contributed by atoms with Gasteiger partial charge in [0, 0.05) is 11.6 Å². The summed E-state index contributed by atoms with van der Waals surface area (Å²) in [7, 11) is 0. The molecule has 0 fully saturated rings. The Balaban J connectivity index is 1.65. The van der Waals surface area contributed by atoms with Gasteiger partial charge in [-0.25, -0.2) is 0 Å². The number of nitrogens with one attached hydrogen (secondary N) is 2. The second kappa shape index (κ2) is 6.27. The smallest absolute Gasteiger partial charge is 0.256 e. The third-order valence-electron chi connectivity index (χ3n) is 3.10. The molecule has 23 heavy (non-hydrogen) atoms. The first kappa shape index (κ1) is 14.7. The van der Waals surface area contributed by atoms with Gasteiger partial charge in [0.1, 0.15) is 5.76 Å². The maximum Gasteiger partial charge on any atom is 0.256 e. The number of carbonyl (C=O) groups excluding carboxylic acids is 1. The van der Waals surface area contributed by atoms with Crippen LogP contribution in [0.3, 0.4) is 0 Å². The summed E-state index contributed by atoms with van der Waals surface area (Å²) in [5.74, 6) is 1.90. The van der Waals surface area contributed by atoms with Crippen molar-refractivity contribution < 1.29 is 9.32 Å². The molecule has 2 aromatic heterocycles. The van der Waals surface area contributed by atoms with E-state index in [0.717, 1.165) is 5.56 Å². The predicted molar refractivity (Wildman–Crippen MR) is 85.7 cm³/mol. The third kappa shape index (κ3) is 3.70. The van der Waals surface area contributed by atoms with Gasteiger partial charge < -0.3 is 15.2 Å². The molecule has 0 aliphatic heterocycles. The van der Waals surface area contributed by atoms with Crippen LogP contribution in [0.2, 0.25) is 0 Å². The normalized spacial score (nSPS) is 10.3. The van der Waals surface area contributed by atoms with Crippen LogP contribution in [0.25, 0.3) is 0 Å². The second-order valence-electron chi connectivity index (χ2n) is 5.07. The van der Waals surface area contributed by atoms with Crippen LogP contribution in [0, 0.1) is 13.8 Å². The number of anilines is 3. The Morgan fingerprint density at radius 3 is 2.26 bits per heavy atom. The zero-order valence-electron chi connectivity index (χ0n) is 12.7. The average molecular weight is 309 g/mol. The molecule has 7 heteroatoms. The van der Waals surface area contributed by atoms with E-state index in [1.165, 1.54) is 0 Å².